The number of H-pyrrole nitrogens is 1. The SMILES string of the molecule is CC(C)c1n[nH]c(=S)n1-c1cc(Br)ccc1Br. The lowest BCUT2D eigenvalue weighted by Crippen LogP contribution is -2.04. The van der Waals surface area contributed by atoms with E-state index >= 15 is 0 Å². The third-order valence-electron chi connectivity index (χ3n) is 2.36. The first kappa shape index (κ1) is 13.0. The summed E-state index contributed by atoms with van der Waals surface area (Å²) in [5.74, 6) is 1.22. The minimum atomic E-state index is 0.300. The van der Waals surface area contributed by atoms with Gasteiger partial charge in [0.05, 0.1) is 5.69 Å². The number of halogens is 2. The summed E-state index contributed by atoms with van der Waals surface area (Å²) in [6.07, 6.45) is 0. The summed E-state index contributed by atoms with van der Waals surface area (Å²) in [4.78, 5) is 0. The van der Waals surface area contributed by atoms with Crippen LogP contribution >= 0.6 is 44.1 Å². The van der Waals surface area contributed by atoms with Gasteiger partial charge >= 0.3 is 0 Å². The van der Waals surface area contributed by atoms with Crippen LogP contribution in [0.3, 0.4) is 0 Å². The minimum absolute atomic E-state index is 0.300. The molecular formula is C11H11Br2N3S. The molecule has 0 saturated carbocycles. The zero-order chi connectivity index (χ0) is 12.6. The molecule has 0 spiro atoms. The lowest BCUT2D eigenvalue weighted by molar-refractivity contribution is 0.743. The molecule has 90 valence electrons. The topological polar surface area (TPSA) is 33.6 Å². The Labute approximate surface area is 122 Å². The Bertz CT molecular complexity index is 601. The van der Waals surface area contributed by atoms with Crippen molar-refractivity contribution in [1.82, 2.24) is 14.8 Å². The standard InChI is InChI=1S/C11H11Br2N3S/c1-6(2)10-14-15-11(17)16(10)9-5-7(12)3-4-8(9)13/h3-6H,1-2H3,(H,15,17). The molecule has 6 heteroatoms. The fourth-order valence-electron chi connectivity index (χ4n) is 1.59. The molecule has 3 nitrogen and oxygen atoms in total. The van der Waals surface area contributed by atoms with Crippen molar-refractivity contribution in [2.24, 2.45) is 0 Å². The monoisotopic (exact) mass is 375 g/mol. The number of hydrogen-bond donors (Lipinski definition) is 1. The zero-order valence-corrected chi connectivity index (χ0v) is 13.4. The molecule has 0 atom stereocenters. The number of nitrogens with one attached hydrogen (secondary N) is 1. The highest BCUT2D eigenvalue weighted by molar-refractivity contribution is 9.11. The van der Waals surface area contributed by atoms with Crippen LogP contribution in [-0.2, 0) is 0 Å². The molecule has 0 aliphatic carbocycles. The van der Waals surface area contributed by atoms with Gasteiger partial charge in [0.15, 0.2) is 4.77 Å². The predicted octanol–water partition coefficient (Wildman–Crippen LogP) is 4.58. The molecule has 0 aliphatic heterocycles. The third-order valence-corrected chi connectivity index (χ3v) is 3.80. The first-order valence-electron chi connectivity index (χ1n) is 5.13. The average Bonchev–Trinajstić information content (AvgIpc) is 2.64. The maximum absolute atomic E-state index is 5.29. The van der Waals surface area contributed by atoms with E-state index in [0.717, 1.165) is 20.5 Å². The molecule has 0 unspecified atom stereocenters. The second kappa shape index (κ2) is 5.04. The molecule has 2 aromatic rings. The van der Waals surface area contributed by atoms with Gasteiger partial charge in [-0.2, -0.15) is 5.10 Å². The van der Waals surface area contributed by atoms with E-state index in [1.54, 1.807) is 0 Å². The lowest BCUT2D eigenvalue weighted by Gasteiger charge is -2.11. The first-order chi connectivity index (χ1) is 8.00. The molecule has 0 amide bonds. The Kier molecular flexibility index (Phi) is 3.85. The normalized spacial score (nSPS) is 11.1. The van der Waals surface area contributed by atoms with Crippen molar-refractivity contribution in [3.05, 3.63) is 37.7 Å². The third kappa shape index (κ3) is 2.53. The second-order valence-electron chi connectivity index (χ2n) is 3.97. The first-order valence-corrected chi connectivity index (χ1v) is 7.13. The Hall–Kier alpha value is -0.460. The van der Waals surface area contributed by atoms with E-state index in [-0.39, 0.29) is 0 Å². The van der Waals surface area contributed by atoms with Crippen molar-refractivity contribution in [3.8, 4) is 5.69 Å². The largest absolute Gasteiger partial charge is 0.271 e. The lowest BCUT2D eigenvalue weighted by atomic mass is 10.2. The van der Waals surface area contributed by atoms with Gasteiger partial charge in [0, 0.05) is 14.9 Å². The summed E-state index contributed by atoms with van der Waals surface area (Å²) in [5, 5.41) is 7.12. The van der Waals surface area contributed by atoms with E-state index in [1.807, 2.05) is 22.8 Å². The highest BCUT2D eigenvalue weighted by Crippen LogP contribution is 2.27. The van der Waals surface area contributed by atoms with Crippen molar-refractivity contribution in [1.29, 1.82) is 0 Å². The molecule has 1 aromatic heterocycles. The Morgan fingerprint density at radius 2 is 2.06 bits per heavy atom. The van der Waals surface area contributed by atoms with Crippen molar-refractivity contribution in [2.75, 3.05) is 0 Å². The van der Waals surface area contributed by atoms with Crippen LogP contribution in [0.5, 0.6) is 0 Å². The van der Waals surface area contributed by atoms with E-state index in [1.165, 1.54) is 0 Å². The molecule has 0 aliphatic rings. The minimum Gasteiger partial charge on any atom is -0.271 e. The van der Waals surface area contributed by atoms with Crippen LogP contribution in [0.15, 0.2) is 27.1 Å². The molecule has 1 aromatic carbocycles. The van der Waals surface area contributed by atoms with Crippen LogP contribution < -0.4 is 0 Å². The quantitative estimate of drug-likeness (QED) is 0.778. The Morgan fingerprint density at radius 1 is 1.35 bits per heavy atom. The summed E-state index contributed by atoms with van der Waals surface area (Å²) >= 11 is 12.3. The molecular weight excluding hydrogens is 366 g/mol. The van der Waals surface area contributed by atoms with Gasteiger partial charge in [-0.15, -0.1) is 0 Å². The van der Waals surface area contributed by atoms with Crippen molar-refractivity contribution >= 4 is 44.1 Å². The maximum Gasteiger partial charge on any atom is 0.199 e. The van der Waals surface area contributed by atoms with Crippen LogP contribution in [0.25, 0.3) is 5.69 Å². The van der Waals surface area contributed by atoms with Crippen molar-refractivity contribution in [2.45, 2.75) is 19.8 Å². The van der Waals surface area contributed by atoms with E-state index in [2.05, 4.69) is 55.9 Å². The predicted molar refractivity (Wildman–Crippen MR) is 78.2 cm³/mol. The molecule has 0 saturated heterocycles. The van der Waals surface area contributed by atoms with Crippen LogP contribution in [0, 0.1) is 4.77 Å². The Balaban J connectivity index is 2.72. The van der Waals surface area contributed by atoms with Crippen LogP contribution in [0.4, 0.5) is 0 Å². The summed E-state index contributed by atoms with van der Waals surface area (Å²) in [5.41, 5.74) is 0.988. The number of rotatable bonds is 2. The van der Waals surface area contributed by atoms with Gasteiger partial charge in [-0.25, -0.2) is 0 Å². The number of benzene rings is 1. The van der Waals surface area contributed by atoms with Gasteiger partial charge in [0.1, 0.15) is 5.82 Å². The summed E-state index contributed by atoms with van der Waals surface area (Å²) in [6.45, 7) is 4.18. The number of aromatic amines is 1. The summed E-state index contributed by atoms with van der Waals surface area (Å²) in [6, 6.07) is 5.98. The van der Waals surface area contributed by atoms with Gasteiger partial charge < -0.3 is 0 Å². The van der Waals surface area contributed by atoms with Gasteiger partial charge in [-0.1, -0.05) is 29.8 Å². The van der Waals surface area contributed by atoms with Gasteiger partial charge in [0.25, 0.3) is 0 Å². The average molecular weight is 377 g/mol. The fourth-order valence-corrected chi connectivity index (χ4v) is 2.60. The Morgan fingerprint density at radius 3 is 2.71 bits per heavy atom. The maximum atomic E-state index is 5.29. The van der Waals surface area contributed by atoms with Gasteiger partial charge in [-0.05, 0) is 46.3 Å². The van der Waals surface area contributed by atoms with Crippen LogP contribution in [0.1, 0.15) is 25.6 Å². The van der Waals surface area contributed by atoms with Crippen LogP contribution in [0.2, 0.25) is 0 Å². The molecule has 2 rings (SSSR count). The van der Waals surface area contributed by atoms with Crippen LogP contribution in [-0.4, -0.2) is 14.8 Å². The van der Waals surface area contributed by atoms with Gasteiger partial charge in [-0.3, -0.25) is 9.67 Å². The molecule has 0 bridgehead atoms. The fraction of sp³-hybridized carbons (Fsp3) is 0.273. The second-order valence-corrected chi connectivity index (χ2v) is 6.13. The van der Waals surface area contributed by atoms with Gasteiger partial charge in [0.2, 0.25) is 0 Å². The molecule has 0 radical (unpaired) electrons. The van der Waals surface area contributed by atoms with E-state index in [0.29, 0.717) is 10.7 Å². The molecule has 1 heterocycles. The molecule has 1 N–H and O–H groups in total. The summed E-state index contributed by atoms with van der Waals surface area (Å²) < 4.78 is 4.55. The van der Waals surface area contributed by atoms with E-state index in [4.69, 9.17) is 12.2 Å². The smallest absolute Gasteiger partial charge is 0.199 e. The zero-order valence-electron chi connectivity index (χ0n) is 9.37. The number of hydrogen-bond acceptors (Lipinski definition) is 2. The molecule has 0 fully saturated rings. The van der Waals surface area contributed by atoms with E-state index in [9.17, 15) is 0 Å². The highest BCUT2D eigenvalue weighted by atomic mass is 79.9. The number of nitrogens with zero attached hydrogens (tertiary/aromatic N) is 2. The highest BCUT2D eigenvalue weighted by Gasteiger charge is 2.14. The van der Waals surface area contributed by atoms with Crippen molar-refractivity contribution < 1.29 is 0 Å². The summed E-state index contributed by atoms with van der Waals surface area (Å²) in [7, 11) is 0. The van der Waals surface area contributed by atoms with E-state index < -0.39 is 0 Å². The molecule has 17 heavy (non-hydrogen) atoms. The number of aromatic nitrogens is 3. The van der Waals surface area contributed by atoms with Crippen molar-refractivity contribution in [3.63, 3.8) is 0 Å².